The summed E-state index contributed by atoms with van der Waals surface area (Å²) < 4.78 is 26.6. The van der Waals surface area contributed by atoms with Crippen molar-refractivity contribution in [1.82, 2.24) is 5.01 Å². The molecule has 0 radical (unpaired) electrons. The van der Waals surface area contributed by atoms with E-state index < -0.39 is 27.6 Å². The van der Waals surface area contributed by atoms with Crippen LogP contribution in [0.4, 0.5) is 0 Å². The molecule has 1 unspecified atom stereocenters. The third-order valence-corrected chi connectivity index (χ3v) is 3.01. The summed E-state index contributed by atoms with van der Waals surface area (Å²) in [6.07, 6.45) is 2.24. The Bertz CT molecular complexity index is 442. The Morgan fingerprint density at radius 1 is 1.59 bits per heavy atom. The van der Waals surface area contributed by atoms with Gasteiger partial charge in [0.05, 0.1) is 18.9 Å². The van der Waals surface area contributed by atoms with Crippen molar-refractivity contribution < 1.29 is 22.7 Å². The number of esters is 1. The predicted molar refractivity (Wildman–Crippen MR) is 60.0 cm³/mol. The molecule has 0 saturated heterocycles. The highest BCUT2D eigenvalue weighted by atomic mass is 32.2. The Balaban J connectivity index is 2.57. The Hall–Kier alpha value is -1.44. The molecular weight excluding hydrogens is 248 g/mol. The molecule has 0 spiro atoms. The lowest BCUT2D eigenvalue weighted by atomic mass is 10.1. The first kappa shape index (κ1) is 13.6. The zero-order valence-corrected chi connectivity index (χ0v) is 10.4. The second-order valence-electron chi connectivity index (χ2n) is 3.59. The van der Waals surface area contributed by atoms with Crippen molar-refractivity contribution in [2.24, 2.45) is 11.0 Å². The lowest BCUT2D eigenvalue weighted by molar-refractivity contribution is -0.150. The first-order chi connectivity index (χ1) is 7.85. The minimum Gasteiger partial charge on any atom is -0.465 e. The molecule has 7 nitrogen and oxygen atoms in total. The minimum atomic E-state index is -3.17. The van der Waals surface area contributed by atoms with Crippen molar-refractivity contribution >= 4 is 27.9 Å². The second-order valence-corrected chi connectivity index (χ2v) is 5.85. The largest absolute Gasteiger partial charge is 0.465 e. The van der Waals surface area contributed by atoms with Crippen molar-refractivity contribution in [3.63, 3.8) is 0 Å². The molecular formula is C9H14N2O5S. The Morgan fingerprint density at radius 2 is 2.24 bits per heavy atom. The van der Waals surface area contributed by atoms with Crippen LogP contribution >= 0.6 is 0 Å². The zero-order chi connectivity index (χ0) is 13.1. The molecule has 1 heterocycles. The van der Waals surface area contributed by atoms with Gasteiger partial charge in [0, 0.05) is 12.5 Å². The number of carbonyl (C=O) groups excluding carboxylic acids is 2. The predicted octanol–water partition coefficient (Wildman–Crippen LogP) is -0.962. The summed E-state index contributed by atoms with van der Waals surface area (Å²) in [6.45, 7) is 1.76. The van der Waals surface area contributed by atoms with Crippen LogP contribution in [0.25, 0.3) is 0 Å². The molecule has 0 aliphatic carbocycles. The fourth-order valence-corrected chi connectivity index (χ4v) is 1.75. The van der Waals surface area contributed by atoms with Gasteiger partial charge in [0.15, 0.2) is 5.92 Å². The molecule has 8 heteroatoms. The summed E-state index contributed by atoms with van der Waals surface area (Å²) in [4.78, 5) is 23.0. The number of rotatable bonds is 5. The van der Waals surface area contributed by atoms with E-state index in [1.54, 1.807) is 6.92 Å². The summed E-state index contributed by atoms with van der Waals surface area (Å²) in [5.74, 6) is -2.45. The van der Waals surface area contributed by atoms with Crippen molar-refractivity contribution in [2.75, 3.05) is 25.2 Å². The summed E-state index contributed by atoms with van der Waals surface area (Å²) >= 11 is 0. The van der Waals surface area contributed by atoms with Gasteiger partial charge < -0.3 is 4.74 Å². The molecule has 0 N–H and O–H groups in total. The molecule has 17 heavy (non-hydrogen) atoms. The topological polar surface area (TPSA) is 93.1 Å². The maximum absolute atomic E-state index is 11.6. The van der Waals surface area contributed by atoms with Gasteiger partial charge in [-0.25, -0.2) is 13.4 Å². The van der Waals surface area contributed by atoms with Crippen LogP contribution in [0.1, 0.15) is 6.92 Å². The fraction of sp³-hybridized carbons (Fsp3) is 0.667. The molecule has 96 valence electrons. The Kier molecular flexibility index (Phi) is 4.22. The van der Waals surface area contributed by atoms with E-state index in [-0.39, 0.29) is 18.9 Å². The molecule has 0 fully saturated rings. The molecule has 1 atom stereocenters. The maximum Gasteiger partial charge on any atom is 0.324 e. The maximum atomic E-state index is 11.6. The van der Waals surface area contributed by atoms with Gasteiger partial charge in [-0.05, 0) is 6.92 Å². The molecule has 1 rings (SSSR count). The van der Waals surface area contributed by atoms with Crippen LogP contribution in [0.2, 0.25) is 0 Å². The highest BCUT2D eigenvalue weighted by Gasteiger charge is 2.35. The molecule has 0 bridgehead atoms. The van der Waals surface area contributed by atoms with E-state index in [1.165, 1.54) is 6.21 Å². The third kappa shape index (κ3) is 3.81. The van der Waals surface area contributed by atoms with E-state index in [0.29, 0.717) is 0 Å². The van der Waals surface area contributed by atoms with Crippen LogP contribution in [0.15, 0.2) is 5.10 Å². The number of sulfone groups is 1. The van der Waals surface area contributed by atoms with E-state index in [2.05, 4.69) is 5.10 Å². The third-order valence-electron chi connectivity index (χ3n) is 2.09. The highest BCUT2D eigenvalue weighted by molar-refractivity contribution is 7.90. The number of ether oxygens (including phenoxy) is 1. The average Bonchev–Trinajstić information content (AvgIpc) is 2.56. The number of hydrogen-bond acceptors (Lipinski definition) is 6. The van der Waals surface area contributed by atoms with Crippen molar-refractivity contribution in [3.05, 3.63) is 0 Å². The number of amides is 1. The molecule has 0 aromatic rings. The zero-order valence-electron chi connectivity index (χ0n) is 9.62. The molecule has 1 aliphatic rings. The molecule has 1 aliphatic heterocycles. The van der Waals surface area contributed by atoms with Crippen LogP contribution in [0.5, 0.6) is 0 Å². The van der Waals surface area contributed by atoms with E-state index in [1.807, 2.05) is 0 Å². The van der Waals surface area contributed by atoms with E-state index in [4.69, 9.17) is 4.74 Å². The molecule has 0 aromatic heterocycles. The van der Waals surface area contributed by atoms with Crippen molar-refractivity contribution in [3.8, 4) is 0 Å². The lowest BCUT2D eigenvalue weighted by Crippen LogP contribution is -2.34. The summed E-state index contributed by atoms with van der Waals surface area (Å²) in [5, 5.41) is 4.67. The van der Waals surface area contributed by atoms with Gasteiger partial charge in [-0.2, -0.15) is 5.10 Å². The van der Waals surface area contributed by atoms with Gasteiger partial charge in [-0.15, -0.1) is 0 Å². The SMILES string of the molecule is CCOC(=O)C1C=NN(CCS(C)(=O)=O)C1=O. The van der Waals surface area contributed by atoms with Crippen molar-refractivity contribution in [2.45, 2.75) is 6.92 Å². The molecule has 1 amide bonds. The first-order valence-corrected chi connectivity index (χ1v) is 7.11. The number of hydrazone groups is 1. The smallest absolute Gasteiger partial charge is 0.324 e. The monoisotopic (exact) mass is 262 g/mol. The van der Waals surface area contributed by atoms with E-state index >= 15 is 0 Å². The quantitative estimate of drug-likeness (QED) is 0.470. The normalized spacial score (nSPS) is 19.8. The van der Waals surface area contributed by atoms with Gasteiger partial charge in [-0.3, -0.25) is 9.59 Å². The fourth-order valence-electron chi connectivity index (χ4n) is 1.24. The number of nitrogens with zero attached hydrogens (tertiary/aromatic N) is 2. The van der Waals surface area contributed by atoms with Crippen LogP contribution in [0, 0.1) is 5.92 Å². The van der Waals surface area contributed by atoms with Crippen LogP contribution < -0.4 is 0 Å². The number of carbonyl (C=O) groups is 2. The summed E-state index contributed by atoms with van der Waals surface area (Å²) in [5.41, 5.74) is 0. The summed E-state index contributed by atoms with van der Waals surface area (Å²) in [7, 11) is -3.17. The van der Waals surface area contributed by atoms with Crippen LogP contribution in [-0.4, -0.2) is 56.7 Å². The van der Waals surface area contributed by atoms with Crippen molar-refractivity contribution in [1.29, 1.82) is 0 Å². The van der Waals surface area contributed by atoms with Gasteiger partial charge in [0.2, 0.25) is 0 Å². The van der Waals surface area contributed by atoms with Gasteiger partial charge in [-0.1, -0.05) is 0 Å². The van der Waals surface area contributed by atoms with Gasteiger partial charge >= 0.3 is 5.97 Å². The Morgan fingerprint density at radius 3 is 2.76 bits per heavy atom. The molecule has 0 saturated carbocycles. The van der Waals surface area contributed by atoms with E-state index in [0.717, 1.165) is 11.3 Å². The minimum absolute atomic E-state index is 0.0515. The van der Waals surface area contributed by atoms with Gasteiger partial charge in [0.1, 0.15) is 9.84 Å². The standard InChI is InChI=1S/C9H14N2O5S/c1-3-16-9(13)7-6-10-11(8(7)12)4-5-17(2,14)15/h6-7H,3-5H2,1-2H3. The lowest BCUT2D eigenvalue weighted by Gasteiger charge is -2.12. The van der Waals surface area contributed by atoms with Crippen LogP contribution in [0.3, 0.4) is 0 Å². The van der Waals surface area contributed by atoms with Gasteiger partial charge in [0.25, 0.3) is 5.91 Å². The summed E-state index contributed by atoms with van der Waals surface area (Å²) in [6, 6.07) is 0. The van der Waals surface area contributed by atoms with E-state index in [9.17, 15) is 18.0 Å². The molecule has 0 aromatic carbocycles. The Labute approximate surface area is 99.3 Å². The second kappa shape index (κ2) is 5.26. The average molecular weight is 262 g/mol. The first-order valence-electron chi connectivity index (χ1n) is 5.05. The van der Waals surface area contributed by atoms with Crippen LogP contribution in [-0.2, 0) is 24.2 Å². The highest BCUT2D eigenvalue weighted by Crippen LogP contribution is 2.11. The number of hydrogen-bond donors (Lipinski definition) is 0.